The molecule has 130 valence electrons. The minimum Gasteiger partial charge on any atom is -0.486 e. The van der Waals surface area contributed by atoms with Crippen LogP contribution in [0.4, 0.5) is 0 Å². The van der Waals surface area contributed by atoms with Gasteiger partial charge in [0.2, 0.25) is 0 Å². The van der Waals surface area contributed by atoms with Crippen LogP contribution in [0.1, 0.15) is 30.0 Å². The van der Waals surface area contributed by atoms with Crippen molar-refractivity contribution >= 4 is 32.9 Å². The number of aryl methyl sites for hydroxylation is 1. The summed E-state index contributed by atoms with van der Waals surface area (Å²) in [6, 6.07) is 13.1. The van der Waals surface area contributed by atoms with Crippen LogP contribution in [0, 0.1) is 0 Å². The number of halogens is 1. The van der Waals surface area contributed by atoms with Crippen LogP contribution < -0.4 is 4.74 Å². The average molecular weight is 403 g/mol. The first-order chi connectivity index (χ1) is 12.1. The molecule has 0 atom stereocenters. The zero-order valence-electron chi connectivity index (χ0n) is 14.2. The lowest BCUT2D eigenvalue weighted by atomic mass is 10.2. The van der Waals surface area contributed by atoms with E-state index in [0.29, 0.717) is 18.8 Å². The van der Waals surface area contributed by atoms with Gasteiger partial charge in [0.15, 0.2) is 0 Å². The zero-order valence-corrected chi connectivity index (χ0v) is 15.7. The van der Waals surface area contributed by atoms with Gasteiger partial charge in [0.1, 0.15) is 18.2 Å². The van der Waals surface area contributed by atoms with Crippen LogP contribution in [0.2, 0.25) is 0 Å². The summed E-state index contributed by atoms with van der Waals surface area (Å²) in [6.45, 7) is 5.34. The number of imidazole rings is 1. The van der Waals surface area contributed by atoms with Crippen LogP contribution in [0.15, 0.2) is 46.9 Å². The molecule has 0 amide bonds. The summed E-state index contributed by atoms with van der Waals surface area (Å²) in [5.41, 5.74) is 2.25. The lowest BCUT2D eigenvalue weighted by Crippen LogP contribution is -2.06. The molecule has 1 heterocycles. The van der Waals surface area contributed by atoms with Crippen molar-refractivity contribution in [3.05, 3.63) is 58.3 Å². The molecule has 0 aliphatic rings. The minimum absolute atomic E-state index is 0.330. The van der Waals surface area contributed by atoms with Crippen LogP contribution >= 0.6 is 15.9 Å². The van der Waals surface area contributed by atoms with Gasteiger partial charge in [0.05, 0.1) is 23.2 Å². The third-order valence-corrected chi connectivity index (χ3v) is 4.36. The van der Waals surface area contributed by atoms with Crippen LogP contribution in [-0.2, 0) is 17.9 Å². The van der Waals surface area contributed by atoms with Crippen molar-refractivity contribution in [1.29, 1.82) is 0 Å². The van der Waals surface area contributed by atoms with Crippen molar-refractivity contribution in [2.75, 3.05) is 6.61 Å². The van der Waals surface area contributed by atoms with E-state index in [0.717, 1.165) is 33.6 Å². The molecule has 0 bridgehead atoms. The van der Waals surface area contributed by atoms with E-state index < -0.39 is 0 Å². The molecule has 6 heteroatoms. The Morgan fingerprint density at radius 3 is 2.60 bits per heavy atom. The number of nitrogens with zero attached hydrogens (tertiary/aromatic N) is 2. The topological polar surface area (TPSA) is 53.4 Å². The predicted octanol–water partition coefficient (Wildman–Crippen LogP) is 4.57. The van der Waals surface area contributed by atoms with Crippen LogP contribution in [0.3, 0.4) is 0 Å². The smallest absolute Gasteiger partial charge is 0.338 e. The van der Waals surface area contributed by atoms with Crippen LogP contribution in [0.25, 0.3) is 11.0 Å². The van der Waals surface area contributed by atoms with Gasteiger partial charge in [0, 0.05) is 11.0 Å². The standard InChI is InChI=1S/C19H19BrN2O3/c1-3-22-17-10-5-13(19(23)24-4-2)11-16(17)21-18(22)12-25-15-8-6-14(20)7-9-15/h5-11H,3-4,12H2,1-2H3. The van der Waals surface area contributed by atoms with Crippen LogP contribution in [0.5, 0.6) is 5.75 Å². The molecule has 0 saturated carbocycles. The number of rotatable bonds is 6. The molecule has 3 aromatic rings. The second-order valence-corrected chi connectivity index (χ2v) is 6.35. The average Bonchev–Trinajstić information content (AvgIpc) is 2.98. The fourth-order valence-corrected chi connectivity index (χ4v) is 2.93. The number of hydrogen-bond donors (Lipinski definition) is 0. The van der Waals surface area contributed by atoms with E-state index >= 15 is 0 Å². The zero-order chi connectivity index (χ0) is 17.8. The molecule has 25 heavy (non-hydrogen) atoms. The molecule has 0 radical (unpaired) electrons. The van der Waals surface area contributed by atoms with Gasteiger partial charge in [-0.3, -0.25) is 0 Å². The van der Waals surface area contributed by atoms with Gasteiger partial charge in [0.25, 0.3) is 0 Å². The quantitative estimate of drug-likeness (QED) is 0.566. The highest BCUT2D eigenvalue weighted by Gasteiger charge is 2.14. The summed E-state index contributed by atoms with van der Waals surface area (Å²) in [4.78, 5) is 16.5. The molecule has 2 aromatic carbocycles. The number of esters is 1. The number of carbonyl (C=O) groups excluding carboxylic acids is 1. The number of ether oxygens (including phenoxy) is 2. The molecule has 0 fully saturated rings. The first-order valence-electron chi connectivity index (χ1n) is 8.17. The summed E-state index contributed by atoms with van der Waals surface area (Å²) in [6.07, 6.45) is 0. The van der Waals surface area contributed by atoms with E-state index in [1.807, 2.05) is 30.3 Å². The molecule has 0 unspecified atom stereocenters. The number of benzene rings is 2. The molecule has 3 rings (SSSR count). The fourth-order valence-electron chi connectivity index (χ4n) is 2.66. The Balaban J connectivity index is 1.86. The van der Waals surface area contributed by atoms with Gasteiger partial charge in [-0.05, 0) is 56.3 Å². The summed E-state index contributed by atoms with van der Waals surface area (Å²) >= 11 is 3.41. The predicted molar refractivity (Wildman–Crippen MR) is 99.8 cm³/mol. The third kappa shape index (κ3) is 3.85. The highest BCUT2D eigenvalue weighted by atomic mass is 79.9. The summed E-state index contributed by atoms with van der Waals surface area (Å²) in [5, 5.41) is 0. The van der Waals surface area contributed by atoms with E-state index in [1.165, 1.54) is 0 Å². The Labute approximate surface area is 154 Å². The van der Waals surface area contributed by atoms with E-state index in [-0.39, 0.29) is 5.97 Å². The minimum atomic E-state index is -0.330. The molecular formula is C19H19BrN2O3. The van der Waals surface area contributed by atoms with Crippen molar-refractivity contribution in [2.24, 2.45) is 0 Å². The Morgan fingerprint density at radius 2 is 1.92 bits per heavy atom. The maximum atomic E-state index is 11.9. The molecule has 5 nitrogen and oxygen atoms in total. The molecular weight excluding hydrogens is 384 g/mol. The van der Waals surface area contributed by atoms with E-state index in [9.17, 15) is 4.79 Å². The van der Waals surface area contributed by atoms with Crippen molar-refractivity contribution < 1.29 is 14.3 Å². The number of fused-ring (bicyclic) bond motifs is 1. The molecule has 0 spiro atoms. The highest BCUT2D eigenvalue weighted by molar-refractivity contribution is 9.10. The van der Waals surface area contributed by atoms with Crippen molar-refractivity contribution in [1.82, 2.24) is 9.55 Å². The Hall–Kier alpha value is -2.34. The van der Waals surface area contributed by atoms with Gasteiger partial charge in [-0.1, -0.05) is 15.9 Å². The van der Waals surface area contributed by atoms with Gasteiger partial charge in [-0.15, -0.1) is 0 Å². The first-order valence-corrected chi connectivity index (χ1v) is 8.96. The van der Waals surface area contributed by atoms with E-state index in [2.05, 4.69) is 32.4 Å². The lowest BCUT2D eigenvalue weighted by Gasteiger charge is -2.08. The second-order valence-electron chi connectivity index (χ2n) is 5.44. The second kappa shape index (κ2) is 7.70. The molecule has 0 aliphatic carbocycles. The van der Waals surface area contributed by atoms with E-state index in [4.69, 9.17) is 9.47 Å². The lowest BCUT2D eigenvalue weighted by molar-refractivity contribution is 0.0526. The fraction of sp³-hybridized carbons (Fsp3) is 0.263. The number of hydrogen-bond acceptors (Lipinski definition) is 4. The summed E-state index contributed by atoms with van der Waals surface area (Å²) in [7, 11) is 0. The van der Waals surface area contributed by atoms with Gasteiger partial charge in [-0.2, -0.15) is 0 Å². The normalized spacial score (nSPS) is 10.8. The third-order valence-electron chi connectivity index (χ3n) is 3.84. The Kier molecular flexibility index (Phi) is 5.38. The van der Waals surface area contributed by atoms with Crippen molar-refractivity contribution in [2.45, 2.75) is 27.0 Å². The van der Waals surface area contributed by atoms with Gasteiger partial charge < -0.3 is 14.0 Å². The van der Waals surface area contributed by atoms with Crippen LogP contribution in [-0.4, -0.2) is 22.1 Å². The Bertz CT molecular complexity index is 888. The summed E-state index contributed by atoms with van der Waals surface area (Å²) < 4.78 is 14.0. The van der Waals surface area contributed by atoms with Gasteiger partial charge in [-0.25, -0.2) is 9.78 Å². The largest absolute Gasteiger partial charge is 0.486 e. The summed E-state index contributed by atoms with van der Waals surface area (Å²) in [5.74, 6) is 1.27. The first kappa shape index (κ1) is 17.5. The molecule has 1 aromatic heterocycles. The number of aromatic nitrogens is 2. The number of carbonyl (C=O) groups is 1. The maximum absolute atomic E-state index is 11.9. The monoisotopic (exact) mass is 402 g/mol. The Morgan fingerprint density at radius 1 is 1.16 bits per heavy atom. The van der Waals surface area contributed by atoms with Crippen molar-refractivity contribution in [3.8, 4) is 5.75 Å². The SMILES string of the molecule is CCOC(=O)c1ccc2c(c1)nc(COc1ccc(Br)cc1)n2CC. The molecule has 0 aliphatic heterocycles. The molecule has 0 N–H and O–H groups in total. The van der Waals surface area contributed by atoms with E-state index in [1.54, 1.807) is 19.1 Å². The maximum Gasteiger partial charge on any atom is 0.338 e. The van der Waals surface area contributed by atoms with Crippen molar-refractivity contribution in [3.63, 3.8) is 0 Å². The molecule has 0 saturated heterocycles. The van der Waals surface area contributed by atoms with Gasteiger partial charge >= 0.3 is 5.97 Å². The highest BCUT2D eigenvalue weighted by Crippen LogP contribution is 2.21.